The Bertz CT molecular complexity index is 1520. The lowest BCUT2D eigenvalue weighted by Gasteiger charge is -2.15. The molecule has 6 nitrogen and oxygen atoms in total. The second kappa shape index (κ2) is 10.5. The van der Waals surface area contributed by atoms with E-state index in [1.54, 1.807) is 18.2 Å². The fourth-order valence-electron chi connectivity index (χ4n) is 3.96. The van der Waals surface area contributed by atoms with Crippen molar-refractivity contribution in [3.63, 3.8) is 0 Å². The largest absolute Gasteiger partial charge is 0.480 e. The molecule has 1 N–H and O–H groups in total. The molecular formula is C26H22F6N2O4S. The minimum atomic E-state index is -4.98. The van der Waals surface area contributed by atoms with Crippen LogP contribution >= 0.6 is 0 Å². The molecule has 3 aromatic rings. The molecule has 1 unspecified atom stereocenters. The lowest BCUT2D eigenvalue weighted by molar-refractivity contribution is -0.143. The maximum atomic E-state index is 13.2. The highest BCUT2D eigenvalue weighted by molar-refractivity contribution is 7.90. The number of halogens is 6. The highest BCUT2D eigenvalue weighted by Crippen LogP contribution is 2.38. The molecule has 1 atom stereocenters. The zero-order valence-electron chi connectivity index (χ0n) is 20.4. The Hall–Kier alpha value is -3.61. The van der Waals surface area contributed by atoms with Crippen LogP contribution in [0, 0.1) is 0 Å². The predicted octanol–water partition coefficient (Wildman–Crippen LogP) is 6.32. The van der Waals surface area contributed by atoms with Crippen molar-refractivity contribution in [1.29, 1.82) is 0 Å². The highest BCUT2D eigenvalue weighted by Gasteiger charge is 2.37. The zero-order valence-corrected chi connectivity index (χ0v) is 21.2. The summed E-state index contributed by atoms with van der Waals surface area (Å²) in [6.07, 6.45) is -8.20. The third-order valence-corrected chi connectivity index (χ3v) is 7.30. The average Bonchev–Trinajstić information content (AvgIpc) is 3.36. The molecule has 208 valence electrons. The van der Waals surface area contributed by atoms with Crippen molar-refractivity contribution >= 4 is 32.6 Å². The molecule has 2 heterocycles. The van der Waals surface area contributed by atoms with Crippen LogP contribution in [-0.2, 0) is 31.9 Å². The number of ether oxygens (including phenoxy) is 1. The minimum absolute atomic E-state index is 0.0559. The van der Waals surface area contributed by atoms with Crippen molar-refractivity contribution in [1.82, 2.24) is 9.71 Å². The number of hydrogen-bond donors (Lipinski definition) is 1. The van der Waals surface area contributed by atoms with Gasteiger partial charge in [-0.15, -0.1) is 0 Å². The number of amides is 1. The first kappa shape index (κ1) is 28.4. The van der Waals surface area contributed by atoms with Crippen LogP contribution in [0.4, 0.5) is 26.3 Å². The van der Waals surface area contributed by atoms with Gasteiger partial charge in [0.25, 0.3) is 5.91 Å². The first-order valence-corrected chi connectivity index (χ1v) is 13.4. The van der Waals surface area contributed by atoms with Gasteiger partial charge >= 0.3 is 12.4 Å². The highest BCUT2D eigenvalue weighted by atomic mass is 32.2. The number of pyridine rings is 1. The van der Waals surface area contributed by atoms with Crippen molar-refractivity contribution < 1.29 is 44.3 Å². The number of hydrogen-bond acceptors (Lipinski definition) is 5. The maximum absolute atomic E-state index is 13.2. The minimum Gasteiger partial charge on any atom is -0.480 e. The van der Waals surface area contributed by atoms with E-state index in [-0.39, 0.29) is 29.5 Å². The summed E-state index contributed by atoms with van der Waals surface area (Å²) in [6.45, 7) is 1.82. The van der Waals surface area contributed by atoms with Crippen molar-refractivity contribution in [3.8, 4) is 11.3 Å². The van der Waals surface area contributed by atoms with E-state index in [0.29, 0.717) is 47.2 Å². The van der Waals surface area contributed by atoms with E-state index in [0.717, 1.165) is 0 Å². The van der Waals surface area contributed by atoms with Gasteiger partial charge in [0.1, 0.15) is 5.76 Å². The van der Waals surface area contributed by atoms with Crippen molar-refractivity contribution in [2.45, 2.75) is 44.6 Å². The number of nitrogens with zero attached hydrogens (tertiary/aromatic N) is 1. The molecule has 0 aliphatic carbocycles. The summed E-state index contributed by atoms with van der Waals surface area (Å²) >= 11 is 0. The number of alkyl halides is 6. The van der Waals surface area contributed by atoms with Crippen LogP contribution in [0.5, 0.6) is 0 Å². The number of fused-ring (bicyclic) bond motifs is 1. The van der Waals surface area contributed by atoms with Gasteiger partial charge in [0.2, 0.25) is 10.0 Å². The SMILES string of the molecule is CCCCS(=O)(=O)NC(=O)C1CC=C(c2ccc3nc(-c4cc(C(F)(F)F)cc(C(F)(F)F)c4)ccc3c2)O1. The van der Waals surface area contributed by atoms with Gasteiger partial charge in [-0.25, -0.2) is 18.1 Å². The Morgan fingerprint density at radius 2 is 1.64 bits per heavy atom. The van der Waals surface area contributed by atoms with E-state index in [9.17, 15) is 39.6 Å². The summed E-state index contributed by atoms with van der Waals surface area (Å²) in [5.74, 6) is -0.650. The van der Waals surface area contributed by atoms with Gasteiger partial charge in [-0.3, -0.25) is 4.79 Å². The van der Waals surface area contributed by atoms with Gasteiger partial charge in [-0.2, -0.15) is 26.3 Å². The van der Waals surface area contributed by atoms with Gasteiger partial charge in [-0.05, 0) is 55.0 Å². The second-order valence-corrected chi connectivity index (χ2v) is 10.8. The summed E-state index contributed by atoms with van der Waals surface area (Å²) in [4.78, 5) is 16.6. The zero-order chi connectivity index (χ0) is 28.6. The van der Waals surface area contributed by atoms with E-state index in [1.807, 2.05) is 11.6 Å². The van der Waals surface area contributed by atoms with E-state index in [2.05, 4.69) is 4.98 Å². The van der Waals surface area contributed by atoms with Crippen LogP contribution in [0.15, 0.2) is 54.6 Å². The predicted molar refractivity (Wildman–Crippen MR) is 131 cm³/mol. The molecule has 0 saturated carbocycles. The van der Waals surface area contributed by atoms with Gasteiger partial charge < -0.3 is 4.74 Å². The topological polar surface area (TPSA) is 85.4 Å². The molecule has 0 bridgehead atoms. The molecule has 0 fully saturated rings. The molecule has 1 aliphatic rings. The van der Waals surface area contributed by atoms with Crippen molar-refractivity contribution in [2.75, 3.05) is 5.75 Å². The molecule has 1 aliphatic heterocycles. The summed E-state index contributed by atoms with van der Waals surface area (Å²) in [6, 6.07) is 8.79. The van der Waals surface area contributed by atoms with Crippen molar-refractivity contribution in [3.05, 3.63) is 71.3 Å². The molecule has 0 saturated heterocycles. The lowest BCUT2D eigenvalue weighted by atomic mass is 10.0. The van der Waals surface area contributed by atoms with Crippen LogP contribution in [0.25, 0.3) is 27.9 Å². The first-order valence-electron chi connectivity index (χ1n) is 11.8. The molecule has 1 aromatic heterocycles. The van der Waals surface area contributed by atoms with Crippen LogP contribution < -0.4 is 4.72 Å². The van der Waals surface area contributed by atoms with Crippen LogP contribution in [-0.4, -0.2) is 31.2 Å². The average molecular weight is 573 g/mol. The molecule has 2 aromatic carbocycles. The number of aromatic nitrogens is 1. The summed E-state index contributed by atoms with van der Waals surface area (Å²) in [5.41, 5.74) is -2.47. The Kier molecular flexibility index (Phi) is 7.66. The van der Waals surface area contributed by atoms with Crippen molar-refractivity contribution in [2.24, 2.45) is 0 Å². The number of carbonyl (C=O) groups excluding carboxylic acids is 1. The second-order valence-electron chi connectivity index (χ2n) is 8.95. The number of sulfonamides is 1. The standard InChI is InChI=1S/C26H22F6N2O4S/c1-2-3-10-39(36,37)34-24(35)23-9-8-22(38-23)16-5-7-20-15(11-16)4-6-21(33-20)17-12-18(25(27,28)29)14-19(13-17)26(30,31)32/h4-8,11-14,23H,2-3,9-10H2,1H3,(H,34,35). The molecule has 0 radical (unpaired) electrons. The summed E-state index contributed by atoms with van der Waals surface area (Å²) in [7, 11) is -3.78. The van der Waals surface area contributed by atoms with E-state index in [1.165, 1.54) is 18.2 Å². The Morgan fingerprint density at radius 1 is 0.974 bits per heavy atom. The maximum Gasteiger partial charge on any atom is 0.416 e. The fourth-order valence-corrected chi connectivity index (χ4v) is 5.17. The quantitative estimate of drug-likeness (QED) is 0.335. The number of rotatable bonds is 7. The molecular weight excluding hydrogens is 550 g/mol. The Balaban J connectivity index is 1.56. The van der Waals surface area contributed by atoms with E-state index >= 15 is 0 Å². The van der Waals surface area contributed by atoms with Gasteiger partial charge in [0, 0.05) is 22.9 Å². The molecule has 39 heavy (non-hydrogen) atoms. The third-order valence-electron chi connectivity index (χ3n) is 5.96. The van der Waals surface area contributed by atoms with Crippen LogP contribution in [0.2, 0.25) is 0 Å². The lowest BCUT2D eigenvalue weighted by Crippen LogP contribution is -2.39. The molecule has 13 heteroatoms. The van der Waals surface area contributed by atoms with Gasteiger partial charge in [-0.1, -0.05) is 19.4 Å². The van der Waals surface area contributed by atoms with Gasteiger partial charge in [0.05, 0.1) is 28.1 Å². The number of nitrogens with one attached hydrogen (secondary N) is 1. The fraction of sp³-hybridized carbons (Fsp3) is 0.308. The number of unbranched alkanes of at least 4 members (excludes halogenated alkanes) is 1. The van der Waals surface area contributed by atoms with Crippen LogP contribution in [0.3, 0.4) is 0 Å². The third kappa shape index (κ3) is 6.70. The monoisotopic (exact) mass is 572 g/mol. The van der Waals surface area contributed by atoms with Crippen LogP contribution in [0.1, 0.15) is 42.9 Å². The summed E-state index contributed by atoms with van der Waals surface area (Å²) in [5, 5.41) is 0.513. The molecule has 1 amide bonds. The smallest absolute Gasteiger partial charge is 0.416 e. The van der Waals surface area contributed by atoms with E-state index < -0.39 is 45.5 Å². The normalized spacial score (nSPS) is 16.2. The Morgan fingerprint density at radius 3 is 2.26 bits per heavy atom. The Labute approximate surface area is 219 Å². The summed E-state index contributed by atoms with van der Waals surface area (Å²) < 4.78 is 111. The number of carbonyl (C=O) groups is 1. The molecule has 0 spiro atoms. The molecule has 4 rings (SSSR count). The van der Waals surface area contributed by atoms with Gasteiger partial charge in [0.15, 0.2) is 6.10 Å². The van der Waals surface area contributed by atoms with E-state index in [4.69, 9.17) is 4.74 Å². The number of benzene rings is 2. The first-order chi connectivity index (χ1) is 18.2.